The van der Waals surface area contributed by atoms with Crippen molar-refractivity contribution in [3.05, 3.63) is 35.1 Å². The van der Waals surface area contributed by atoms with Crippen LogP contribution in [0.25, 0.3) is 0 Å². The second kappa shape index (κ2) is 1.10. The zero-order valence-corrected chi connectivity index (χ0v) is 4.32. The zero-order valence-electron chi connectivity index (χ0n) is 4.32. The van der Waals surface area contributed by atoms with Crippen LogP contribution >= 0.6 is 0 Å². The van der Waals surface area contributed by atoms with E-state index in [1.54, 1.807) is 12.1 Å². The van der Waals surface area contributed by atoms with Gasteiger partial charge in [-0.15, -0.1) is 0 Å². The Morgan fingerprint density at radius 3 is 1.88 bits per heavy atom. The van der Waals surface area contributed by atoms with Crippen LogP contribution in [0, 0.1) is 5.82 Å². The first kappa shape index (κ1) is 4.07. The van der Waals surface area contributed by atoms with Crippen molar-refractivity contribution < 1.29 is 4.39 Å². The molecule has 0 N–H and O–H groups in total. The third-order valence-corrected chi connectivity index (χ3v) is 1.43. The predicted octanol–water partition coefficient (Wildman–Crippen LogP) is 1.73. The molecule has 0 aromatic heterocycles. The summed E-state index contributed by atoms with van der Waals surface area (Å²) < 4.78 is 12.2. The van der Waals surface area contributed by atoms with E-state index >= 15 is 0 Å². The van der Waals surface area contributed by atoms with Crippen molar-refractivity contribution in [3.8, 4) is 0 Å². The van der Waals surface area contributed by atoms with Gasteiger partial charge in [0.25, 0.3) is 0 Å². The highest BCUT2D eigenvalue weighted by molar-refractivity contribution is 5.37. The largest absolute Gasteiger partial charge is 0.207 e. The molecule has 0 unspecified atom stereocenters. The van der Waals surface area contributed by atoms with Crippen molar-refractivity contribution in [2.45, 2.75) is 6.42 Å². The van der Waals surface area contributed by atoms with E-state index in [1.807, 2.05) is 6.07 Å². The first-order valence-electron chi connectivity index (χ1n) is 2.63. The Labute approximate surface area is 47.0 Å². The molecular formula is C7H5F. The lowest BCUT2D eigenvalue weighted by molar-refractivity contribution is 0.619. The molecule has 0 amide bonds. The molecule has 0 heterocycles. The number of benzene rings is 1. The minimum absolute atomic E-state index is 0.0937. The van der Waals surface area contributed by atoms with Gasteiger partial charge in [-0.05, 0) is 29.7 Å². The Bertz CT molecular complexity index is 206. The highest BCUT2D eigenvalue weighted by atomic mass is 19.1. The van der Waals surface area contributed by atoms with Crippen LogP contribution in [0.15, 0.2) is 18.2 Å². The van der Waals surface area contributed by atoms with Gasteiger partial charge in [0.15, 0.2) is 0 Å². The molecule has 8 heavy (non-hydrogen) atoms. The average Bonchev–Trinajstić information content (AvgIpc) is 1.62. The van der Waals surface area contributed by atoms with Crippen molar-refractivity contribution in [2.24, 2.45) is 0 Å². The van der Waals surface area contributed by atoms with Crippen LogP contribution in [0.4, 0.5) is 4.39 Å². The number of rotatable bonds is 0. The van der Waals surface area contributed by atoms with Crippen LogP contribution in [-0.4, -0.2) is 0 Å². The molecule has 0 radical (unpaired) electrons. The molecule has 2 aliphatic carbocycles. The van der Waals surface area contributed by atoms with E-state index in [0.717, 1.165) is 17.5 Å². The van der Waals surface area contributed by atoms with E-state index in [2.05, 4.69) is 0 Å². The molecule has 0 aliphatic heterocycles. The fourth-order valence-electron chi connectivity index (χ4n) is 1.03. The van der Waals surface area contributed by atoms with Gasteiger partial charge in [0.1, 0.15) is 5.82 Å². The molecule has 0 spiro atoms. The third kappa shape index (κ3) is 0.386. The predicted molar refractivity (Wildman–Crippen MR) is 29.2 cm³/mol. The van der Waals surface area contributed by atoms with Gasteiger partial charge in [0.2, 0.25) is 0 Å². The van der Waals surface area contributed by atoms with Gasteiger partial charge in [-0.1, -0.05) is 6.07 Å². The van der Waals surface area contributed by atoms with E-state index in [0.29, 0.717) is 0 Å². The summed E-state index contributed by atoms with van der Waals surface area (Å²) in [6.45, 7) is 0. The Morgan fingerprint density at radius 1 is 1.12 bits per heavy atom. The summed E-state index contributed by atoms with van der Waals surface area (Å²) in [6.07, 6.45) is 0.980. The standard InChI is InChI=1S/C7H5F/c8-7-3-5-1-6(2-5)4-7/h1,3-4H,2H2. The monoisotopic (exact) mass is 108 g/mol. The van der Waals surface area contributed by atoms with Crippen LogP contribution in [0.3, 0.4) is 0 Å². The maximum absolute atomic E-state index is 12.2. The molecular weight excluding hydrogens is 103 g/mol. The minimum atomic E-state index is -0.0937. The molecule has 0 nitrogen and oxygen atoms in total. The van der Waals surface area contributed by atoms with E-state index < -0.39 is 0 Å². The van der Waals surface area contributed by atoms with Crippen LogP contribution in [0.1, 0.15) is 11.1 Å². The highest BCUT2D eigenvalue weighted by Gasteiger charge is 2.09. The van der Waals surface area contributed by atoms with Crippen molar-refractivity contribution in [2.75, 3.05) is 0 Å². The third-order valence-electron chi connectivity index (χ3n) is 1.43. The van der Waals surface area contributed by atoms with Gasteiger partial charge >= 0.3 is 0 Å². The molecule has 1 heteroatoms. The van der Waals surface area contributed by atoms with Gasteiger partial charge in [-0.3, -0.25) is 0 Å². The van der Waals surface area contributed by atoms with E-state index in [-0.39, 0.29) is 5.82 Å². The van der Waals surface area contributed by atoms with Crippen LogP contribution < -0.4 is 0 Å². The zero-order chi connectivity index (χ0) is 5.56. The quantitative estimate of drug-likeness (QED) is 0.482. The summed E-state index contributed by atoms with van der Waals surface area (Å²) in [5.41, 5.74) is 2.25. The van der Waals surface area contributed by atoms with Gasteiger partial charge in [-0.2, -0.15) is 0 Å². The molecule has 2 aliphatic rings. The molecule has 1 aromatic rings. The van der Waals surface area contributed by atoms with Crippen molar-refractivity contribution >= 4 is 0 Å². The summed E-state index contributed by atoms with van der Waals surface area (Å²) in [4.78, 5) is 0. The SMILES string of the molecule is Fc1cc2cc(c1)C2. The topological polar surface area (TPSA) is 0 Å². The van der Waals surface area contributed by atoms with Crippen molar-refractivity contribution in [1.29, 1.82) is 0 Å². The lowest BCUT2D eigenvalue weighted by atomic mass is 9.93. The lowest BCUT2D eigenvalue weighted by Gasteiger charge is -2.12. The average molecular weight is 108 g/mol. The Morgan fingerprint density at radius 2 is 1.62 bits per heavy atom. The smallest absolute Gasteiger partial charge is 0.123 e. The minimum Gasteiger partial charge on any atom is -0.207 e. The first-order chi connectivity index (χ1) is 3.84. The van der Waals surface area contributed by atoms with Gasteiger partial charge in [0.05, 0.1) is 0 Å². The Hall–Kier alpha value is -0.850. The summed E-state index contributed by atoms with van der Waals surface area (Å²) in [6, 6.07) is 5.16. The second-order valence-electron chi connectivity index (χ2n) is 2.14. The normalized spacial score (nSPS) is 13.1. The molecule has 1 aromatic carbocycles. The molecule has 0 fully saturated rings. The summed E-state index contributed by atoms with van der Waals surface area (Å²) in [5, 5.41) is 0. The number of fused-ring (bicyclic) bond motifs is 2. The Kier molecular flexibility index (Phi) is 0.562. The van der Waals surface area contributed by atoms with Crippen LogP contribution in [0.2, 0.25) is 0 Å². The summed E-state index contributed by atoms with van der Waals surface area (Å²) >= 11 is 0. The van der Waals surface area contributed by atoms with Crippen molar-refractivity contribution in [1.82, 2.24) is 0 Å². The molecule has 0 atom stereocenters. The molecule has 0 saturated carbocycles. The summed E-state index contributed by atoms with van der Waals surface area (Å²) in [5.74, 6) is -0.0937. The first-order valence-corrected chi connectivity index (χ1v) is 2.63. The Balaban J connectivity index is 2.69. The fourth-order valence-corrected chi connectivity index (χ4v) is 1.03. The van der Waals surface area contributed by atoms with E-state index in [1.165, 1.54) is 0 Å². The highest BCUT2D eigenvalue weighted by Crippen LogP contribution is 2.21. The maximum Gasteiger partial charge on any atom is 0.123 e. The lowest BCUT2D eigenvalue weighted by Crippen LogP contribution is -2.00. The van der Waals surface area contributed by atoms with Crippen molar-refractivity contribution in [3.63, 3.8) is 0 Å². The number of hydrogen-bond acceptors (Lipinski definition) is 0. The second-order valence-corrected chi connectivity index (χ2v) is 2.14. The summed E-state index contributed by atoms with van der Waals surface area (Å²) in [7, 11) is 0. The van der Waals surface area contributed by atoms with Gasteiger partial charge < -0.3 is 0 Å². The van der Waals surface area contributed by atoms with Gasteiger partial charge in [0, 0.05) is 0 Å². The van der Waals surface area contributed by atoms with E-state index in [4.69, 9.17) is 0 Å². The number of halogens is 1. The number of hydrogen-bond donors (Lipinski definition) is 0. The van der Waals surface area contributed by atoms with Gasteiger partial charge in [-0.25, -0.2) is 4.39 Å². The van der Waals surface area contributed by atoms with Crippen LogP contribution in [0.5, 0.6) is 0 Å². The molecule has 40 valence electrons. The van der Waals surface area contributed by atoms with E-state index in [9.17, 15) is 4.39 Å². The molecule has 3 rings (SSSR count). The molecule has 2 bridgehead atoms. The molecule has 0 saturated heterocycles. The van der Waals surface area contributed by atoms with Crippen LogP contribution in [-0.2, 0) is 6.42 Å². The fraction of sp³-hybridized carbons (Fsp3) is 0.143. The maximum atomic E-state index is 12.2.